The van der Waals surface area contributed by atoms with Crippen molar-refractivity contribution in [1.29, 1.82) is 0 Å². The van der Waals surface area contributed by atoms with Gasteiger partial charge in [-0.2, -0.15) is 9.97 Å². The topological polar surface area (TPSA) is 56.7 Å². The van der Waals surface area contributed by atoms with E-state index in [1.165, 1.54) is 21.5 Å². The first-order chi connectivity index (χ1) is 28.8. The second kappa shape index (κ2) is 12.8. The Morgan fingerprint density at radius 3 is 1.62 bits per heavy atom. The lowest BCUT2D eigenvalue weighted by molar-refractivity contribution is 0.670. The summed E-state index contributed by atoms with van der Waals surface area (Å²) in [5, 5.41) is 9.17. The van der Waals surface area contributed by atoms with E-state index in [4.69, 9.17) is 19.4 Å². The van der Waals surface area contributed by atoms with Gasteiger partial charge in [-0.05, 0) is 44.8 Å². The van der Waals surface area contributed by atoms with Crippen LogP contribution in [0.4, 0.5) is 0 Å². The highest BCUT2D eigenvalue weighted by atomic mass is 16.3. The van der Waals surface area contributed by atoms with Crippen molar-refractivity contribution in [3.63, 3.8) is 0 Å². The fourth-order valence-corrected chi connectivity index (χ4v) is 8.79. The molecule has 5 heteroatoms. The number of fused-ring (bicyclic) bond motifs is 10. The lowest BCUT2D eigenvalue weighted by Gasteiger charge is -2.13. The van der Waals surface area contributed by atoms with E-state index >= 15 is 0 Å². The van der Waals surface area contributed by atoms with Crippen LogP contribution in [0, 0.1) is 0 Å². The predicted octanol–water partition coefficient (Wildman–Crippen LogP) is 13.8. The summed E-state index contributed by atoms with van der Waals surface area (Å²) in [5.74, 6) is 1.75. The quantitative estimate of drug-likeness (QED) is 0.176. The Morgan fingerprint density at radius 1 is 0.362 bits per heavy atom. The van der Waals surface area contributed by atoms with Gasteiger partial charge in [0.1, 0.15) is 11.2 Å². The third kappa shape index (κ3) is 5.00. The van der Waals surface area contributed by atoms with E-state index in [2.05, 4.69) is 174 Å². The molecule has 0 bridgehead atoms. The summed E-state index contributed by atoms with van der Waals surface area (Å²) in [6, 6.07) is 67.9. The zero-order chi connectivity index (χ0) is 38.2. The second-order valence-electron chi connectivity index (χ2n) is 14.8. The average Bonchev–Trinajstić information content (AvgIpc) is 3.86. The second-order valence-corrected chi connectivity index (χ2v) is 14.8. The summed E-state index contributed by atoms with van der Waals surface area (Å²) in [6.07, 6.45) is 0. The van der Waals surface area contributed by atoms with Crippen molar-refractivity contribution in [1.82, 2.24) is 19.5 Å². The number of hydrogen-bond donors (Lipinski definition) is 0. The maximum Gasteiger partial charge on any atom is 0.238 e. The van der Waals surface area contributed by atoms with Gasteiger partial charge in [0.2, 0.25) is 5.95 Å². The molecule has 0 radical (unpaired) electrons. The van der Waals surface area contributed by atoms with Crippen molar-refractivity contribution in [2.45, 2.75) is 0 Å². The molecule has 0 fully saturated rings. The Hall–Kier alpha value is -7.89. The molecule has 3 aromatic heterocycles. The maximum absolute atomic E-state index is 6.83. The third-order valence-corrected chi connectivity index (χ3v) is 11.5. The first kappa shape index (κ1) is 32.4. The standard InChI is InChI=1S/C53H32N4O/c1-3-13-33(14-4-1)34-25-27-38(28-26-34)52-54-51(37-17-5-2-6-18-37)55-53(56-52)57-45-31-29-35-15-7-9-19-39(35)47(45)43-23-11-21-41(49(43)57)42-22-12-24-44-48-40-20-10-8-16-36(40)30-32-46(48)58-50(42)44/h1-32H. The van der Waals surface area contributed by atoms with Gasteiger partial charge in [-0.1, -0.05) is 182 Å². The van der Waals surface area contributed by atoms with Crippen LogP contribution in [0.25, 0.3) is 116 Å². The first-order valence-corrected chi connectivity index (χ1v) is 19.5. The summed E-state index contributed by atoms with van der Waals surface area (Å²) in [4.78, 5) is 15.8. The van der Waals surface area contributed by atoms with E-state index in [0.717, 1.165) is 77.1 Å². The van der Waals surface area contributed by atoms with E-state index in [1.54, 1.807) is 0 Å². The van der Waals surface area contributed by atoms with Crippen LogP contribution in [0.1, 0.15) is 0 Å². The molecule has 0 spiro atoms. The monoisotopic (exact) mass is 740 g/mol. The highest BCUT2D eigenvalue weighted by molar-refractivity contribution is 6.25. The molecule has 12 aromatic rings. The summed E-state index contributed by atoms with van der Waals surface area (Å²) in [5.41, 5.74) is 9.89. The minimum atomic E-state index is 0.543. The van der Waals surface area contributed by atoms with Gasteiger partial charge in [0, 0.05) is 43.8 Å². The SMILES string of the molecule is c1ccc(-c2ccc(-c3nc(-c4ccccc4)nc(-n4c5ccc6ccccc6c5c5cccc(-c6cccc7c6oc6ccc8ccccc8c67)c54)n3)cc2)cc1. The van der Waals surface area contributed by atoms with Crippen molar-refractivity contribution in [3.8, 4) is 51.0 Å². The van der Waals surface area contributed by atoms with Gasteiger partial charge in [0.25, 0.3) is 0 Å². The van der Waals surface area contributed by atoms with E-state index in [-0.39, 0.29) is 0 Å². The van der Waals surface area contributed by atoms with E-state index in [9.17, 15) is 0 Å². The fourth-order valence-electron chi connectivity index (χ4n) is 8.79. The molecule has 0 amide bonds. The van der Waals surface area contributed by atoms with Crippen LogP contribution in [0.3, 0.4) is 0 Å². The Morgan fingerprint density at radius 2 is 0.897 bits per heavy atom. The van der Waals surface area contributed by atoms with Gasteiger partial charge in [0.05, 0.1) is 11.0 Å². The molecule has 12 rings (SSSR count). The van der Waals surface area contributed by atoms with Crippen LogP contribution in [0.15, 0.2) is 199 Å². The summed E-state index contributed by atoms with van der Waals surface area (Å²) in [6.45, 7) is 0. The number of furan rings is 1. The van der Waals surface area contributed by atoms with E-state index in [0.29, 0.717) is 17.6 Å². The normalized spacial score (nSPS) is 11.8. The van der Waals surface area contributed by atoms with Gasteiger partial charge in [-0.3, -0.25) is 4.57 Å². The predicted molar refractivity (Wildman–Crippen MR) is 238 cm³/mol. The van der Waals surface area contributed by atoms with Crippen LogP contribution >= 0.6 is 0 Å². The van der Waals surface area contributed by atoms with Crippen LogP contribution < -0.4 is 0 Å². The molecule has 0 saturated carbocycles. The number of para-hydroxylation sites is 2. The number of benzene rings is 9. The van der Waals surface area contributed by atoms with Crippen LogP contribution in [0.2, 0.25) is 0 Å². The maximum atomic E-state index is 6.83. The number of hydrogen-bond acceptors (Lipinski definition) is 4. The molecule has 9 aromatic carbocycles. The molecule has 0 saturated heterocycles. The summed E-state index contributed by atoms with van der Waals surface area (Å²) in [7, 11) is 0. The summed E-state index contributed by atoms with van der Waals surface area (Å²) >= 11 is 0. The zero-order valence-corrected chi connectivity index (χ0v) is 31.2. The smallest absolute Gasteiger partial charge is 0.238 e. The molecular weight excluding hydrogens is 709 g/mol. The number of nitrogens with zero attached hydrogens (tertiary/aromatic N) is 4. The van der Waals surface area contributed by atoms with Crippen molar-refractivity contribution in [3.05, 3.63) is 194 Å². The third-order valence-electron chi connectivity index (χ3n) is 11.5. The van der Waals surface area contributed by atoms with Crippen molar-refractivity contribution in [2.24, 2.45) is 0 Å². The number of aromatic nitrogens is 4. The van der Waals surface area contributed by atoms with Crippen LogP contribution in [-0.2, 0) is 0 Å². The summed E-state index contributed by atoms with van der Waals surface area (Å²) < 4.78 is 9.07. The highest BCUT2D eigenvalue weighted by Crippen LogP contribution is 2.45. The molecule has 5 nitrogen and oxygen atoms in total. The molecule has 0 aliphatic heterocycles. The molecule has 0 N–H and O–H groups in total. The molecule has 0 unspecified atom stereocenters. The molecule has 0 aliphatic rings. The average molecular weight is 741 g/mol. The highest BCUT2D eigenvalue weighted by Gasteiger charge is 2.24. The van der Waals surface area contributed by atoms with E-state index < -0.39 is 0 Å². The van der Waals surface area contributed by atoms with Gasteiger partial charge in [-0.15, -0.1) is 0 Å². The lowest BCUT2D eigenvalue weighted by Crippen LogP contribution is -2.07. The lowest BCUT2D eigenvalue weighted by atomic mass is 9.97. The zero-order valence-electron chi connectivity index (χ0n) is 31.2. The molecule has 0 atom stereocenters. The molecular formula is C53H32N4O. The van der Waals surface area contributed by atoms with Gasteiger partial charge in [0.15, 0.2) is 11.6 Å². The number of rotatable bonds is 5. The van der Waals surface area contributed by atoms with Crippen molar-refractivity contribution in [2.75, 3.05) is 0 Å². The fraction of sp³-hybridized carbons (Fsp3) is 0. The van der Waals surface area contributed by atoms with Crippen LogP contribution in [0.5, 0.6) is 0 Å². The van der Waals surface area contributed by atoms with E-state index in [1.807, 2.05) is 24.3 Å². The molecule has 270 valence electrons. The Labute approximate surface area is 333 Å². The Balaban J connectivity index is 1.17. The van der Waals surface area contributed by atoms with Gasteiger partial charge in [-0.25, -0.2) is 4.98 Å². The first-order valence-electron chi connectivity index (χ1n) is 19.5. The van der Waals surface area contributed by atoms with Crippen molar-refractivity contribution >= 4 is 65.3 Å². The minimum Gasteiger partial charge on any atom is -0.455 e. The van der Waals surface area contributed by atoms with Crippen LogP contribution in [-0.4, -0.2) is 19.5 Å². The largest absolute Gasteiger partial charge is 0.455 e. The van der Waals surface area contributed by atoms with Gasteiger partial charge < -0.3 is 4.42 Å². The van der Waals surface area contributed by atoms with Gasteiger partial charge >= 0.3 is 0 Å². The van der Waals surface area contributed by atoms with Crippen molar-refractivity contribution < 1.29 is 4.42 Å². The molecule has 58 heavy (non-hydrogen) atoms. The Bertz CT molecular complexity index is 3550. The minimum absolute atomic E-state index is 0.543. The molecule has 0 aliphatic carbocycles. The molecule has 3 heterocycles. The Kier molecular flexibility index (Phi) is 7.16.